The summed E-state index contributed by atoms with van der Waals surface area (Å²) in [5.74, 6) is 0. The highest BCUT2D eigenvalue weighted by atomic mass is 16.5. The number of hydrogen-bond donors (Lipinski definition) is 1. The summed E-state index contributed by atoms with van der Waals surface area (Å²) < 4.78 is 15.7. The molecular weight excluding hydrogens is 234 g/mol. The van der Waals surface area contributed by atoms with E-state index in [9.17, 15) is 0 Å². The molecule has 0 fully saturated rings. The van der Waals surface area contributed by atoms with Crippen molar-refractivity contribution in [3.8, 4) is 6.01 Å². The Labute approximate surface area is 107 Å². The highest BCUT2D eigenvalue weighted by Crippen LogP contribution is 2.06. The van der Waals surface area contributed by atoms with Gasteiger partial charge in [0.05, 0.1) is 12.3 Å². The van der Waals surface area contributed by atoms with Crippen LogP contribution in [0.15, 0.2) is 6.07 Å². The Kier molecular flexibility index (Phi) is 7.24. The number of methoxy groups -OCH3 is 1. The van der Waals surface area contributed by atoms with Crippen molar-refractivity contribution in [2.75, 3.05) is 33.5 Å². The van der Waals surface area contributed by atoms with Gasteiger partial charge in [-0.15, -0.1) is 0 Å². The van der Waals surface area contributed by atoms with Crippen LogP contribution in [0.1, 0.15) is 17.8 Å². The number of nitrogens with zero attached hydrogens (tertiary/aromatic N) is 2. The first-order valence-corrected chi connectivity index (χ1v) is 6.00. The zero-order valence-electron chi connectivity index (χ0n) is 11.0. The maximum Gasteiger partial charge on any atom is 0.316 e. The van der Waals surface area contributed by atoms with E-state index < -0.39 is 0 Å². The predicted molar refractivity (Wildman–Crippen MR) is 67.5 cm³/mol. The zero-order chi connectivity index (χ0) is 13.2. The average Bonchev–Trinajstić information content (AvgIpc) is 2.37. The van der Waals surface area contributed by atoms with Crippen molar-refractivity contribution in [1.29, 1.82) is 0 Å². The first kappa shape index (κ1) is 14.8. The molecule has 0 aliphatic heterocycles. The molecule has 0 atom stereocenters. The summed E-state index contributed by atoms with van der Waals surface area (Å²) in [7, 11) is 1.67. The average molecular weight is 255 g/mol. The minimum Gasteiger partial charge on any atom is -0.461 e. The highest BCUT2D eigenvalue weighted by Gasteiger charge is 2.02. The van der Waals surface area contributed by atoms with Gasteiger partial charge < -0.3 is 19.9 Å². The molecule has 2 N–H and O–H groups in total. The summed E-state index contributed by atoms with van der Waals surface area (Å²) in [5, 5.41) is 0. The van der Waals surface area contributed by atoms with Crippen molar-refractivity contribution in [3.05, 3.63) is 17.5 Å². The van der Waals surface area contributed by atoms with E-state index in [2.05, 4.69) is 9.97 Å². The second-order valence-electron chi connectivity index (χ2n) is 3.79. The minimum absolute atomic E-state index is 0.357. The molecule has 0 aromatic carbocycles. The van der Waals surface area contributed by atoms with E-state index in [1.54, 1.807) is 7.11 Å². The number of nitrogens with two attached hydrogens (primary N) is 1. The Morgan fingerprint density at radius 3 is 2.72 bits per heavy atom. The van der Waals surface area contributed by atoms with Crippen molar-refractivity contribution >= 4 is 0 Å². The van der Waals surface area contributed by atoms with Crippen molar-refractivity contribution < 1.29 is 14.2 Å². The number of hydrogen-bond acceptors (Lipinski definition) is 6. The van der Waals surface area contributed by atoms with E-state index in [-0.39, 0.29) is 0 Å². The first-order valence-electron chi connectivity index (χ1n) is 6.00. The van der Waals surface area contributed by atoms with Crippen molar-refractivity contribution in [3.63, 3.8) is 0 Å². The second-order valence-corrected chi connectivity index (χ2v) is 3.79. The fourth-order valence-corrected chi connectivity index (χ4v) is 1.37. The molecule has 6 nitrogen and oxygen atoms in total. The second kappa shape index (κ2) is 8.79. The molecule has 0 spiro atoms. The molecule has 1 aromatic heterocycles. The summed E-state index contributed by atoms with van der Waals surface area (Å²) in [5.41, 5.74) is 7.15. The third-order valence-corrected chi connectivity index (χ3v) is 2.19. The van der Waals surface area contributed by atoms with Crippen molar-refractivity contribution in [2.45, 2.75) is 19.9 Å². The van der Waals surface area contributed by atoms with E-state index >= 15 is 0 Å². The van der Waals surface area contributed by atoms with Gasteiger partial charge in [-0.1, -0.05) is 0 Å². The molecule has 0 bridgehead atoms. The van der Waals surface area contributed by atoms with Gasteiger partial charge in [0.2, 0.25) is 0 Å². The molecule has 6 heteroatoms. The molecule has 0 radical (unpaired) electrons. The molecule has 0 amide bonds. The largest absolute Gasteiger partial charge is 0.461 e. The van der Waals surface area contributed by atoms with Gasteiger partial charge in [-0.05, 0) is 19.4 Å². The van der Waals surface area contributed by atoms with E-state index in [0.717, 1.165) is 17.8 Å². The van der Waals surface area contributed by atoms with Crippen LogP contribution in [0.4, 0.5) is 0 Å². The summed E-state index contributed by atoms with van der Waals surface area (Å²) in [6, 6.07) is 2.20. The molecule has 1 heterocycles. The Balaban J connectivity index is 2.20. The molecule has 18 heavy (non-hydrogen) atoms. The van der Waals surface area contributed by atoms with Crippen LogP contribution in [0.5, 0.6) is 6.01 Å². The predicted octanol–water partition coefficient (Wildman–Crippen LogP) is 0.676. The van der Waals surface area contributed by atoms with Gasteiger partial charge in [0.1, 0.15) is 6.61 Å². The van der Waals surface area contributed by atoms with Crippen LogP contribution in [0.25, 0.3) is 0 Å². The molecule has 0 saturated carbocycles. The molecule has 0 saturated heterocycles. The Morgan fingerprint density at radius 2 is 2.00 bits per heavy atom. The normalized spacial score (nSPS) is 10.6. The molecule has 0 unspecified atom stereocenters. The Hall–Kier alpha value is -1.24. The Bertz CT molecular complexity index is 347. The number of rotatable bonds is 9. The van der Waals surface area contributed by atoms with Crippen molar-refractivity contribution in [2.24, 2.45) is 5.73 Å². The van der Waals surface area contributed by atoms with E-state index in [1.165, 1.54) is 0 Å². The summed E-state index contributed by atoms with van der Waals surface area (Å²) in [4.78, 5) is 8.33. The molecule has 0 aliphatic rings. The third kappa shape index (κ3) is 5.90. The summed E-state index contributed by atoms with van der Waals surface area (Å²) in [6.07, 6.45) is 0.884. The first-order chi connectivity index (χ1) is 8.76. The maximum atomic E-state index is 5.53. The lowest BCUT2D eigenvalue weighted by molar-refractivity contribution is 0.0782. The van der Waals surface area contributed by atoms with Crippen LogP contribution in [0.2, 0.25) is 0 Å². The monoisotopic (exact) mass is 255 g/mol. The van der Waals surface area contributed by atoms with Gasteiger partial charge in [-0.2, -0.15) is 4.98 Å². The van der Waals surface area contributed by atoms with E-state index in [1.807, 2.05) is 13.0 Å². The van der Waals surface area contributed by atoms with Crippen LogP contribution in [-0.2, 0) is 16.0 Å². The van der Waals surface area contributed by atoms with Gasteiger partial charge in [0, 0.05) is 32.6 Å². The Morgan fingerprint density at radius 1 is 1.17 bits per heavy atom. The SMILES string of the molecule is COCCCOCCOc1nc(C)cc(CN)n1. The van der Waals surface area contributed by atoms with Crippen LogP contribution in [0.3, 0.4) is 0 Å². The fraction of sp³-hybridized carbons (Fsp3) is 0.667. The lowest BCUT2D eigenvalue weighted by Gasteiger charge is -2.07. The molecule has 102 valence electrons. The standard InChI is InChI=1S/C12H21N3O3/c1-10-8-11(9-13)15-12(14-10)18-7-6-17-5-3-4-16-2/h8H,3-7,9,13H2,1-2H3. The molecule has 0 aliphatic carbocycles. The smallest absolute Gasteiger partial charge is 0.316 e. The number of ether oxygens (including phenoxy) is 3. The van der Waals surface area contributed by atoms with Crippen LogP contribution >= 0.6 is 0 Å². The lowest BCUT2D eigenvalue weighted by atomic mass is 10.3. The highest BCUT2D eigenvalue weighted by molar-refractivity contribution is 5.12. The van der Waals surface area contributed by atoms with Crippen molar-refractivity contribution in [1.82, 2.24) is 9.97 Å². The van der Waals surface area contributed by atoms with Gasteiger partial charge in [0.25, 0.3) is 0 Å². The third-order valence-electron chi connectivity index (χ3n) is 2.19. The maximum absolute atomic E-state index is 5.53. The quantitative estimate of drug-likeness (QED) is 0.653. The van der Waals surface area contributed by atoms with Crippen LogP contribution in [0, 0.1) is 6.92 Å². The number of aromatic nitrogens is 2. The number of aryl methyl sites for hydroxylation is 1. The zero-order valence-corrected chi connectivity index (χ0v) is 11.0. The van der Waals surface area contributed by atoms with Gasteiger partial charge in [-0.25, -0.2) is 4.98 Å². The van der Waals surface area contributed by atoms with Crippen LogP contribution < -0.4 is 10.5 Å². The molecule has 1 aromatic rings. The lowest BCUT2D eigenvalue weighted by Crippen LogP contribution is -2.11. The van der Waals surface area contributed by atoms with Gasteiger partial charge in [-0.3, -0.25) is 0 Å². The summed E-state index contributed by atoms with van der Waals surface area (Å²) >= 11 is 0. The van der Waals surface area contributed by atoms with E-state index in [0.29, 0.717) is 39.0 Å². The van der Waals surface area contributed by atoms with Crippen LogP contribution in [-0.4, -0.2) is 43.5 Å². The summed E-state index contributed by atoms with van der Waals surface area (Å²) in [6.45, 7) is 4.59. The topological polar surface area (TPSA) is 79.5 Å². The minimum atomic E-state index is 0.357. The molecule has 1 rings (SSSR count). The van der Waals surface area contributed by atoms with Gasteiger partial charge >= 0.3 is 6.01 Å². The van der Waals surface area contributed by atoms with E-state index in [4.69, 9.17) is 19.9 Å². The van der Waals surface area contributed by atoms with Gasteiger partial charge in [0.15, 0.2) is 0 Å². The molecular formula is C12H21N3O3. The fourth-order valence-electron chi connectivity index (χ4n) is 1.37.